The lowest BCUT2D eigenvalue weighted by atomic mass is 10.0. The Kier molecular flexibility index (Phi) is 2.76. The smallest absolute Gasteiger partial charge is 0.0320 e. The van der Waals surface area contributed by atoms with E-state index in [0.29, 0.717) is 0 Å². The molecule has 106 valence electrons. The second kappa shape index (κ2) is 4.78. The third-order valence-corrected chi connectivity index (χ3v) is 4.06. The summed E-state index contributed by atoms with van der Waals surface area (Å²) in [6.07, 6.45) is 2.18. The summed E-state index contributed by atoms with van der Waals surface area (Å²) in [6, 6.07) is 22.5. The van der Waals surface area contributed by atoms with E-state index >= 15 is 0 Å². The molecule has 3 aromatic rings. The first-order chi connectivity index (χ1) is 10.7. The van der Waals surface area contributed by atoms with Crippen molar-refractivity contribution in [2.24, 2.45) is 0 Å². The Hall–Kier alpha value is -3.00. The first-order valence-electron chi connectivity index (χ1n) is 7.29. The van der Waals surface area contributed by atoms with E-state index in [2.05, 4.69) is 42.5 Å². The first-order valence-corrected chi connectivity index (χ1v) is 7.29. The maximum absolute atomic E-state index is 6.00. The third kappa shape index (κ3) is 1.97. The molecule has 0 spiro atoms. The van der Waals surface area contributed by atoms with E-state index in [9.17, 15) is 0 Å². The van der Waals surface area contributed by atoms with Gasteiger partial charge in [0.05, 0.1) is 0 Å². The quantitative estimate of drug-likeness (QED) is 0.508. The number of benzene rings is 3. The van der Waals surface area contributed by atoms with Crippen molar-refractivity contribution in [3.05, 3.63) is 83.4 Å². The molecule has 0 fully saturated rings. The monoisotopic (exact) mass is 284 g/mol. The molecule has 0 aliphatic heterocycles. The minimum Gasteiger partial charge on any atom is -0.399 e. The summed E-state index contributed by atoms with van der Waals surface area (Å²) >= 11 is 0. The Morgan fingerprint density at radius 2 is 1.32 bits per heavy atom. The van der Waals surface area contributed by atoms with Crippen LogP contribution < -0.4 is 11.5 Å². The summed E-state index contributed by atoms with van der Waals surface area (Å²) in [5.41, 5.74) is 20.7. The van der Waals surface area contributed by atoms with Crippen molar-refractivity contribution in [1.29, 1.82) is 0 Å². The topological polar surface area (TPSA) is 52.0 Å². The van der Waals surface area contributed by atoms with Crippen molar-refractivity contribution in [3.8, 4) is 11.1 Å². The maximum atomic E-state index is 6.00. The molecular weight excluding hydrogens is 268 g/mol. The molecule has 4 N–H and O–H groups in total. The van der Waals surface area contributed by atoms with Gasteiger partial charge in [-0.15, -0.1) is 0 Å². The van der Waals surface area contributed by atoms with Gasteiger partial charge in [-0.2, -0.15) is 0 Å². The van der Waals surface area contributed by atoms with Crippen LogP contribution in [0.4, 0.5) is 11.4 Å². The van der Waals surface area contributed by atoms with Gasteiger partial charge >= 0.3 is 0 Å². The molecule has 0 heterocycles. The van der Waals surface area contributed by atoms with Gasteiger partial charge in [0.25, 0.3) is 0 Å². The molecule has 0 atom stereocenters. The molecule has 0 aromatic heterocycles. The summed E-state index contributed by atoms with van der Waals surface area (Å²) in [6.45, 7) is 0. The van der Waals surface area contributed by atoms with Crippen molar-refractivity contribution < 1.29 is 0 Å². The van der Waals surface area contributed by atoms with Gasteiger partial charge < -0.3 is 11.5 Å². The maximum Gasteiger partial charge on any atom is 0.0320 e. The average Bonchev–Trinajstić information content (AvgIpc) is 2.81. The summed E-state index contributed by atoms with van der Waals surface area (Å²) in [5.74, 6) is 0. The van der Waals surface area contributed by atoms with Crippen LogP contribution in [0.25, 0.3) is 22.8 Å². The van der Waals surface area contributed by atoms with Crippen LogP contribution in [0.15, 0.2) is 66.7 Å². The minimum atomic E-state index is 0.772. The normalized spacial score (nSPS) is 13.9. The van der Waals surface area contributed by atoms with Gasteiger partial charge in [0.15, 0.2) is 0 Å². The number of hydrogen-bond donors (Lipinski definition) is 2. The summed E-state index contributed by atoms with van der Waals surface area (Å²) in [5, 5.41) is 0. The van der Waals surface area contributed by atoms with Gasteiger partial charge in [0.2, 0.25) is 0 Å². The van der Waals surface area contributed by atoms with Gasteiger partial charge in [-0.1, -0.05) is 42.5 Å². The predicted octanol–water partition coefficient (Wildman–Crippen LogP) is 4.42. The van der Waals surface area contributed by atoms with Gasteiger partial charge in [0.1, 0.15) is 0 Å². The first kappa shape index (κ1) is 12.7. The molecule has 2 nitrogen and oxygen atoms in total. The molecule has 1 aliphatic carbocycles. The largest absolute Gasteiger partial charge is 0.399 e. The van der Waals surface area contributed by atoms with E-state index < -0.39 is 0 Å². The molecule has 1 aliphatic rings. The zero-order chi connectivity index (χ0) is 15.1. The Morgan fingerprint density at radius 3 is 2.14 bits per heavy atom. The summed E-state index contributed by atoms with van der Waals surface area (Å²) in [4.78, 5) is 0. The van der Waals surface area contributed by atoms with Crippen LogP contribution in [-0.4, -0.2) is 0 Å². The molecule has 0 radical (unpaired) electrons. The van der Waals surface area contributed by atoms with Crippen LogP contribution >= 0.6 is 0 Å². The SMILES string of the molecule is Nc1cccc(C=C2c3ccccc3-c3ccc(N)cc32)c1. The molecule has 22 heavy (non-hydrogen) atoms. The molecule has 0 saturated carbocycles. The molecule has 0 bridgehead atoms. The Morgan fingerprint density at radius 1 is 0.591 bits per heavy atom. The summed E-state index contributed by atoms with van der Waals surface area (Å²) in [7, 11) is 0. The molecule has 2 heteroatoms. The van der Waals surface area contributed by atoms with E-state index in [-0.39, 0.29) is 0 Å². The molecule has 0 unspecified atom stereocenters. The molecule has 0 saturated heterocycles. The van der Waals surface area contributed by atoms with E-state index in [4.69, 9.17) is 11.5 Å². The highest BCUT2D eigenvalue weighted by Gasteiger charge is 2.22. The summed E-state index contributed by atoms with van der Waals surface area (Å²) < 4.78 is 0. The second-order valence-electron chi connectivity index (χ2n) is 5.58. The van der Waals surface area contributed by atoms with Crippen molar-refractivity contribution in [3.63, 3.8) is 0 Å². The highest BCUT2D eigenvalue weighted by molar-refractivity contribution is 6.07. The Balaban J connectivity index is 1.98. The fourth-order valence-corrected chi connectivity index (χ4v) is 3.09. The van der Waals surface area contributed by atoms with Crippen LogP contribution in [0.2, 0.25) is 0 Å². The molecule has 4 rings (SSSR count). The number of rotatable bonds is 1. The van der Waals surface area contributed by atoms with Crippen molar-refractivity contribution in [1.82, 2.24) is 0 Å². The van der Waals surface area contributed by atoms with Crippen LogP contribution in [0.3, 0.4) is 0 Å². The van der Waals surface area contributed by atoms with Crippen molar-refractivity contribution in [2.75, 3.05) is 11.5 Å². The van der Waals surface area contributed by atoms with Crippen molar-refractivity contribution in [2.45, 2.75) is 0 Å². The standard InChI is InChI=1S/C20H16N2/c21-14-5-3-4-13(10-14)11-19-17-7-2-1-6-16(17)18-9-8-15(22)12-20(18)19/h1-12H,21-22H2. The minimum absolute atomic E-state index is 0.772. The zero-order valence-corrected chi connectivity index (χ0v) is 12.1. The number of nitrogens with two attached hydrogens (primary N) is 2. The van der Waals surface area contributed by atoms with E-state index in [1.807, 2.05) is 30.3 Å². The second-order valence-corrected chi connectivity index (χ2v) is 5.58. The van der Waals surface area contributed by atoms with Gasteiger partial charge in [-0.05, 0) is 63.7 Å². The molecule has 0 amide bonds. The van der Waals surface area contributed by atoms with Crippen molar-refractivity contribution >= 4 is 23.0 Å². The lowest BCUT2D eigenvalue weighted by molar-refractivity contribution is 1.62. The van der Waals surface area contributed by atoms with Crippen LogP contribution in [-0.2, 0) is 0 Å². The highest BCUT2D eigenvalue weighted by Crippen LogP contribution is 2.45. The number of hydrogen-bond acceptors (Lipinski definition) is 2. The van der Waals surface area contributed by atoms with Gasteiger partial charge in [-0.25, -0.2) is 0 Å². The number of nitrogen functional groups attached to an aromatic ring is 2. The Labute approximate surface area is 129 Å². The van der Waals surface area contributed by atoms with Crippen LogP contribution in [0.5, 0.6) is 0 Å². The third-order valence-electron chi connectivity index (χ3n) is 4.06. The zero-order valence-electron chi connectivity index (χ0n) is 12.1. The van der Waals surface area contributed by atoms with E-state index in [1.165, 1.54) is 27.8 Å². The van der Waals surface area contributed by atoms with Crippen LogP contribution in [0, 0.1) is 0 Å². The lowest BCUT2D eigenvalue weighted by Gasteiger charge is -2.05. The fourth-order valence-electron chi connectivity index (χ4n) is 3.09. The number of fused-ring (bicyclic) bond motifs is 3. The fraction of sp³-hybridized carbons (Fsp3) is 0. The van der Waals surface area contributed by atoms with E-state index in [0.717, 1.165) is 16.9 Å². The van der Waals surface area contributed by atoms with Gasteiger partial charge in [-0.3, -0.25) is 0 Å². The van der Waals surface area contributed by atoms with E-state index in [1.54, 1.807) is 0 Å². The van der Waals surface area contributed by atoms with Crippen LogP contribution in [0.1, 0.15) is 16.7 Å². The predicted molar refractivity (Wildman–Crippen MR) is 94.1 cm³/mol. The average molecular weight is 284 g/mol. The van der Waals surface area contributed by atoms with Gasteiger partial charge in [0, 0.05) is 11.4 Å². The Bertz CT molecular complexity index is 907. The lowest BCUT2D eigenvalue weighted by Crippen LogP contribution is -1.88. The number of anilines is 2. The molecule has 3 aromatic carbocycles. The highest BCUT2D eigenvalue weighted by atomic mass is 14.5. The molecular formula is C20H16N2.